The summed E-state index contributed by atoms with van der Waals surface area (Å²) in [7, 11) is 0. The summed E-state index contributed by atoms with van der Waals surface area (Å²) in [4.78, 5) is 41.5. The number of carbonyl (C=O) groups excluding carboxylic acids is 3. The number of amides is 4. The maximum absolute atomic E-state index is 12.9. The van der Waals surface area contributed by atoms with Gasteiger partial charge in [-0.25, -0.2) is 14.1 Å². The second-order valence-electron chi connectivity index (χ2n) is 5.18. The molecule has 1 aliphatic heterocycles. The van der Waals surface area contributed by atoms with Crippen molar-refractivity contribution in [3.63, 3.8) is 0 Å². The molecule has 6 nitrogen and oxygen atoms in total. The highest BCUT2D eigenvalue weighted by atomic mass is 79.9. The lowest BCUT2D eigenvalue weighted by atomic mass is 10.1. The van der Waals surface area contributed by atoms with Gasteiger partial charge in [-0.2, -0.15) is 0 Å². The van der Waals surface area contributed by atoms with Crippen LogP contribution >= 0.6 is 15.9 Å². The third-order valence-corrected chi connectivity index (χ3v) is 4.01. The number of nitrogens with one attached hydrogen (secondary N) is 1. The van der Waals surface area contributed by atoms with E-state index in [4.69, 9.17) is 0 Å². The van der Waals surface area contributed by atoms with Crippen molar-refractivity contribution in [3.05, 3.63) is 58.8 Å². The van der Waals surface area contributed by atoms with Gasteiger partial charge >= 0.3 is 6.03 Å². The maximum atomic E-state index is 12.9. The van der Waals surface area contributed by atoms with Gasteiger partial charge in [0.2, 0.25) is 5.91 Å². The summed E-state index contributed by atoms with van der Waals surface area (Å²) in [5.41, 5.74) is 0.715. The van der Waals surface area contributed by atoms with E-state index in [9.17, 15) is 18.8 Å². The van der Waals surface area contributed by atoms with Gasteiger partial charge in [-0.3, -0.25) is 19.9 Å². The minimum atomic E-state index is -1.26. The van der Waals surface area contributed by atoms with Crippen molar-refractivity contribution < 1.29 is 18.8 Å². The zero-order chi connectivity index (χ0) is 18.0. The molecule has 0 unspecified atom stereocenters. The van der Waals surface area contributed by atoms with Crippen molar-refractivity contribution in [2.75, 3.05) is 4.90 Å². The lowest BCUT2D eigenvalue weighted by Gasteiger charge is -2.28. The molecular weight excluding hydrogens is 393 g/mol. The Morgan fingerprint density at radius 2 is 1.68 bits per heavy atom. The Kier molecular flexibility index (Phi) is 4.71. The summed E-state index contributed by atoms with van der Waals surface area (Å²) in [6.07, 6.45) is 1.14. The van der Waals surface area contributed by atoms with E-state index < -0.39 is 29.6 Å². The number of rotatable bonds is 3. The molecule has 0 saturated carbocycles. The van der Waals surface area contributed by atoms with Crippen LogP contribution in [0, 0.1) is 11.7 Å². The van der Waals surface area contributed by atoms with Crippen molar-refractivity contribution in [1.82, 2.24) is 5.32 Å². The largest absolute Gasteiger partial charge is 0.335 e. The average Bonchev–Trinajstić information content (AvgIpc) is 2.57. The van der Waals surface area contributed by atoms with E-state index in [2.05, 4.69) is 26.2 Å². The molecule has 1 heterocycles. The SMILES string of the molecule is O=C1NC(=O)N(c2ccc(Br)cc2)C(=O)[C@H]1C=Nc1ccc(F)cc1. The first kappa shape index (κ1) is 17.0. The first-order valence-corrected chi connectivity index (χ1v) is 7.99. The maximum Gasteiger partial charge on any atom is 0.335 e. The van der Waals surface area contributed by atoms with Crippen LogP contribution in [-0.4, -0.2) is 24.1 Å². The molecule has 4 amide bonds. The fourth-order valence-corrected chi connectivity index (χ4v) is 2.51. The summed E-state index contributed by atoms with van der Waals surface area (Å²) in [5.74, 6) is -3.14. The number of nitrogens with zero attached hydrogens (tertiary/aromatic N) is 2. The summed E-state index contributed by atoms with van der Waals surface area (Å²) >= 11 is 3.27. The van der Waals surface area contributed by atoms with Crippen molar-refractivity contribution >= 4 is 51.4 Å². The molecule has 25 heavy (non-hydrogen) atoms. The van der Waals surface area contributed by atoms with Crippen molar-refractivity contribution in [2.24, 2.45) is 10.9 Å². The molecule has 3 rings (SSSR count). The molecule has 1 aliphatic rings. The van der Waals surface area contributed by atoms with Crippen LogP contribution in [0.5, 0.6) is 0 Å². The number of aliphatic imine (C=N–C) groups is 1. The second-order valence-corrected chi connectivity index (χ2v) is 6.09. The molecule has 1 atom stereocenters. The smallest absolute Gasteiger partial charge is 0.276 e. The van der Waals surface area contributed by atoms with Crippen LogP contribution in [0.3, 0.4) is 0 Å². The number of imide groups is 2. The lowest BCUT2D eigenvalue weighted by Crippen LogP contribution is -2.58. The number of anilines is 1. The predicted octanol–water partition coefficient (Wildman–Crippen LogP) is 3.19. The highest BCUT2D eigenvalue weighted by molar-refractivity contribution is 9.10. The third-order valence-electron chi connectivity index (χ3n) is 3.49. The molecular formula is C17H11BrFN3O3. The zero-order valence-corrected chi connectivity index (χ0v) is 14.2. The van der Waals surface area contributed by atoms with E-state index in [-0.39, 0.29) is 0 Å². The van der Waals surface area contributed by atoms with Gasteiger partial charge in [0.05, 0.1) is 11.4 Å². The van der Waals surface area contributed by atoms with Gasteiger partial charge in [0, 0.05) is 10.7 Å². The van der Waals surface area contributed by atoms with E-state index in [1.807, 2.05) is 0 Å². The molecule has 8 heteroatoms. The number of hydrogen-bond acceptors (Lipinski definition) is 4. The highest BCUT2D eigenvalue weighted by Crippen LogP contribution is 2.23. The standard InChI is InChI=1S/C17H11BrFN3O3/c18-10-1-7-13(8-2-10)22-16(24)14(15(23)21-17(22)25)9-20-12-5-3-11(19)4-6-12/h1-9,14H,(H,21,23,25)/t14-/m0/s1. The minimum Gasteiger partial charge on any atom is -0.276 e. The summed E-state index contributed by atoms with van der Waals surface area (Å²) < 4.78 is 13.7. The van der Waals surface area contributed by atoms with E-state index in [1.54, 1.807) is 24.3 Å². The molecule has 0 aromatic heterocycles. The van der Waals surface area contributed by atoms with Crippen LogP contribution in [0.15, 0.2) is 58.0 Å². The summed E-state index contributed by atoms with van der Waals surface area (Å²) in [6.45, 7) is 0. The zero-order valence-electron chi connectivity index (χ0n) is 12.6. The topological polar surface area (TPSA) is 78.8 Å². The summed E-state index contributed by atoms with van der Waals surface area (Å²) in [6, 6.07) is 10.9. The van der Waals surface area contributed by atoms with Gasteiger partial charge in [-0.05, 0) is 48.5 Å². The molecule has 0 spiro atoms. The highest BCUT2D eigenvalue weighted by Gasteiger charge is 2.40. The van der Waals surface area contributed by atoms with E-state index in [1.165, 1.54) is 24.3 Å². The first-order chi connectivity index (χ1) is 12.0. The van der Waals surface area contributed by atoms with Crippen LogP contribution in [0.25, 0.3) is 0 Å². The molecule has 2 aromatic carbocycles. The van der Waals surface area contributed by atoms with Crippen LogP contribution in [0.2, 0.25) is 0 Å². The molecule has 0 bridgehead atoms. The molecule has 1 saturated heterocycles. The monoisotopic (exact) mass is 403 g/mol. The van der Waals surface area contributed by atoms with Gasteiger partial charge in [-0.15, -0.1) is 0 Å². The normalized spacial score (nSPS) is 17.9. The van der Waals surface area contributed by atoms with E-state index >= 15 is 0 Å². The number of carbonyl (C=O) groups is 3. The predicted molar refractivity (Wildman–Crippen MR) is 93.2 cm³/mol. The van der Waals surface area contributed by atoms with Gasteiger partial charge in [0.1, 0.15) is 5.82 Å². The molecule has 1 fully saturated rings. The Balaban J connectivity index is 1.87. The number of halogens is 2. The van der Waals surface area contributed by atoms with Crippen LogP contribution in [0.1, 0.15) is 0 Å². The lowest BCUT2D eigenvalue weighted by molar-refractivity contribution is -0.131. The van der Waals surface area contributed by atoms with Gasteiger partial charge in [0.25, 0.3) is 5.91 Å². The molecule has 2 aromatic rings. The van der Waals surface area contributed by atoms with E-state index in [0.717, 1.165) is 15.6 Å². The van der Waals surface area contributed by atoms with Gasteiger partial charge < -0.3 is 0 Å². The van der Waals surface area contributed by atoms with Crippen molar-refractivity contribution in [3.8, 4) is 0 Å². The average molecular weight is 404 g/mol. The number of barbiturate groups is 1. The summed E-state index contributed by atoms with van der Waals surface area (Å²) in [5, 5.41) is 2.13. The first-order valence-electron chi connectivity index (χ1n) is 7.20. The Hall–Kier alpha value is -2.87. The van der Waals surface area contributed by atoms with Gasteiger partial charge in [0.15, 0.2) is 5.92 Å². The Bertz CT molecular complexity index is 866. The molecule has 0 radical (unpaired) electrons. The quantitative estimate of drug-likeness (QED) is 0.631. The minimum absolute atomic E-state index is 0.332. The van der Waals surface area contributed by atoms with Crippen molar-refractivity contribution in [1.29, 1.82) is 0 Å². The fraction of sp³-hybridized carbons (Fsp3) is 0.0588. The fourth-order valence-electron chi connectivity index (χ4n) is 2.24. The van der Waals surface area contributed by atoms with Crippen LogP contribution in [-0.2, 0) is 9.59 Å². The molecule has 0 aliphatic carbocycles. The van der Waals surface area contributed by atoms with E-state index in [0.29, 0.717) is 11.4 Å². The number of urea groups is 1. The van der Waals surface area contributed by atoms with Crippen LogP contribution < -0.4 is 10.2 Å². The second kappa shape index (κ2) is 6.94. The van der Waals surface area contributed by atoms with Crippen molar-refractivity contribution in [2.45, 2.75) is 0 Å². The third kappa shape index (κ3) is 3.63. The number of hydrogen-bond donors (Lipinski definition) is 1. The Morgan fingerprint density at radius 1 is 1.04 bits per heavy atom. The van der Waals surface area contributed by atoms with Crippen LogP contribution in [0.4, 0.5) is 20.6 Å². The Labute approximate surface area is 150 Å². The Morgan fingerprint density at radius 3 is 2.32 bits per heavy atom. The molecule has 126 valence electrons. The molecule has 1 N–H and O–H groups in total. The number of benzene rings is 2. The van der Waals surface area contributed by atoms with Gasteiger partial charge in [-0.1, -0.05) is 15.9 Å².